The van der Waals surface area contributed by atoms with Gasteiger partial charge in [0.05, 0.1) is 0 Å². The van der Waals surface area contributed by atoms with Crippen LogP contribution in [0.25, 0.3) is 11.1 Å². The highest BCUT2D eigenvalue weighted by atomic mass is 16.5. The van der Waals surface area contributed by atoms with Gasteiger partial charge in [0.1, 0.15) is 5.75 Å². The first-order valence-electron chi connectivity index (χ1n) is 9.06. The minimum atomic E-state index is -0.0641. The molecule has 0 aromatic heterocycles. The first-order chi connectivity index (χ1) is 12.3. The van der Waals surface area contributed by atoms with E-state index >= 15 is 0 Å². The maximum Gasteiger partial charge on any atom is 0.257 e. The minimum Gasteiger partial charge on any atom is -0.483 e. The summed E-state index contributed by atoms with van der Waals surface area (Å²) < 4.78 is 5.80. The summed E-state index contributed by atoms with van der Waals surface area (Å²) in [7, 11) is 0. The molecule has 0 spiro atoms. The molecule has 1 aliphatic rings. The maximum absolute atomic E-state index is 12.2. The van der Waals surface area contributed by atoms with E-state index in [1.807, 2.05) is 54.6 Å². The molecule has 1 fully saturated rings. The van der Waals surface area contributed by atoms with Crippen molar-refractivity contribution >= 4 is 5.91 Å². The van der Waals surface area contributed by atoms with Gasteiger partial charge in [-0.25, -0.2) is 0 Å². The number of likely N-dealkylation sites (tertiary alicyclic amines) is 1. The summed E-state index contributed by atoms with van der Waals surface area (Å²) in [6, 6.07) is 18.4. The topological polar surface area (TPSA) is 41.6 Å². The summed E-state index contributed by atoms with van der Waals surface area (Å²) in [6.07, 6.45) is 2.38. The quantitative estimate of drug-likeness (QED) is 0.842. The number of likely N-dealkylation sites (N-methyl/N-ethyl adjacent to an activating group) is 1. The fourth-order valence-electron chi connectivity index (χ4n) is 3.42. The predicted octanol–water partition coefficient (Wildman–Crippen LogP) is 3.33. The molecule has 0 aliphatic carbocycles. The Bertz CT molecular complexity index is 687. The summed E-state index contributed by atoms with van der Waals surface area (Å²) in [6.45, 7) is 5.10. The lowest BCUT2D eigenvalue weighted by Gasteiger charge is -2.22. The van der Waals surface area contributed by atoms with Gasteiger partial charge in [-0.15, -0.1) is 0 Å². The van der Waals surface area contributed by atoms with Crippen LogP contribution in [0.15, 0.2) is 54.6 Å². The molecule has 1 amide bonds. The van der Waals surface area contributed by atoms with E-state index in [0.717, 1.165) is 36.4 Å². The number of carbonyl (C=O) groups is 1. The summed E-state index contributed by atoms with van der Waals surface area (Å²) in [5.41, 5.74) is 2.09. The Morgan fingerprint density at radius 1 is 1.16 bits per heavy atom. The van der Waals surface area contributed by atoms with E-state index in [-0.39, 0.29) is 12.5 Å². The SMILES string of the molecule is CCN1CCC[C@H]1CNC(=O)COc1ccccc1-c1ccccc1. The van der Waals surface area contributed by atoms with Crippen molar-refractivity contribution in [3.8, 4) is 16.9 Å². The van der Waals surface area contributed by atoms with Gasteiger partial charge < -0.3 is 10.1 Å². The molecule has 1 aliphatic heterocycles. The van der Waals surface area contributed by atoms with Crippen LogP contribution in [0.5, 0.6) is 5.75 Å². The van der Waals surface area contributed by atoms with Gasteiger partial charge in [-0.2, -0.15) is 0 Å². The molecule has 1 heterocycles. The number of hydrogen-bond acceptors (Lipinski definition) is 3. The van der Waals surface area contributed by atoms with Gasteiger partial charge in [-0.3, -0.25) is 9.69 Å². The van der Waals surface area contributed by atoms with Crippen LogP contribution in [0.3, 0.4) is 0 Å². The second-order valence-electron chi connectivity index (χ2n) is 6.38. The Hall–Kier alpha value is -2.33. The summed E-state index contributed by atoms with van der Waals surface area (Å²) >= 11 is 0. The number of nitrogens with one attached hydrogen (secondary N) is 1. The van der Waals surface area contributed by atoms with Gasteiger partial charge in [-0.05, 0) is 37.6 Å². The molecular weight excluding hydrogens is 312 g/mol. The zero-order valence-corrected chi connectivity index (χ0v) is 14.8. The number of amides is 1. The summed E-state index contributed by atoms with van der Waals surface area (Å²) in [5, 5.41) is 3.01. The summed E-state index contributed by atoms with van der Waals surface area (Å²) in [5.74, 6) is 0.672. The van der Waals surface area contributed by atoms with Crippen LogP contribution in [-0.2, 0) is 4.79 Å². The minimum absolute atomic E-state index is 0.0443. The molecule has 132 valence electrons. The van der Waals surface area contributed by atoms with Crippen molar-refractivity contribution in [1.29, 1.82) is 0 Å². The van der Waals surface area contributed by atoms with E-state index in [4.69, 9.17) is 4.74 Å². The first kappa shape index (κ1) is 17.5. The van der Waals surface area contributed by atoms with Gasteiger partial charge in [-0.1, -0.05) is 55.5 Å². The Morgan fingerprint density at radius 3 is 2.72 bits per heavy atom. The lowest BCUT2D eigenvalue weighted by molar-refractivity contribution is -0.123. The monoisotopic (exact) mass is 338 g/mol. The highest BCUT2D eigenvalue weighted by Gasteiger charge is 2.23. The zero-order chi connectivity index (χ0) is 17.5. The number of benzene rings is 2. The zero-order valence-electron chi connectivity index (χ0n) is 14.8. The van der Waals surface area contributed by atoms with Crippen molar-refractivity contribution in [2.45, 2.75) is 25.8 Å². The van der Waals surface area contributed by atoms with Gasteiger partial charge in [0, 0.05) is 18.2 Å². The van der Waals surface area contributed by atoms with Gasteiger partial charge >= 0.3 is 0 Å². The highest BCUT2D eigenvalue weighted by Crippen LogP contribution is 2.29. The van der Waals surface area contributed by atoms with Crippen LogP contribution in [0, 0.1) is 0 Å². The third-order valence-corrected chi connectivity index (χ3v) is 4.77. The third-order valence-electron chi connectivity index (χ3n) is 4.77. The fourth-order valence-corrected chi connectivity index (χ4v) is 3.42. The molecule has 0 bridgehead atoms. The van der Waals surface area contributed by atoms with Crippen LogP contribution in [0.1, 0.15) is 19.8 Å². The van der Waals surface area contributed by atoms with E-state index in [0.29, 0.717) is 12.6 Å². The molecule has 2 aromatic carbocycles. The van der Waals surface area contributed by atoms with Crippen LogP contribution in [-0.4, -0.2) is 43.1 Å². The number of ether oxygens (including phenoxy) is 1. The molecule has 25 heavy (non-hydrogen) atoms. The Labute approximate surface area is 149 Å². The summed E-state index contributed by atoms with van der Waals surface area (Å²) in [4.78, 5) is 14.6. The van der Waals surface area contributed by atoms with E-state index in [1.54, 1.807) is 0 Å². The molecule has 3 rings (SSSR count). The molecule has 4 heteroatoms. The van der Waals surface area contributed by atoms with Crippen molar-refractivity contribution < 1.29 is 9.53 Å². The van der Waals surface area contributed by atoms with Crippen molar-refractivity contribution in [3.63, 3.8) is 0 Å². The number of nitrogens with zero attached hydrogens (tertiary/aromatic N) is 1. The number of para-hydroxylation sites is 1. The molecule has 0 radical (unpaired) electrons. The fraction of sp³-hybridized carbons (Fsp3) is 0.381. The van der Waals surface area contributed by atoms with Crippen molar-refractivity contribution in [3.05, 3.63) is 54.6 Å². The Balaban J connectivity index is 1.54. The van der Waals surface area contributed by atoms with Crippen LogP contribution in [0.4, 0.5) is 0 Å². The Morgan fingerprint density at radius 2 is 1.92 bits per heavy atom. The largest absolute Gasteiger partial charge is 0.483 e. The standard InChI is InChI=1S/C21H26N2O2/c1-2-23-14-8-11-18(23)15-22-21(24)16-25-20-13-7-6-12-19(20)17-9-4-3-5-10-17/h3-7,9-10,12-13,18H,2,8,11,14-16H2,1H3,(H,22,24)/t18-/m0/s1. The molecule has 0 unspecified atom stereocenters. The molecule has 1 N–H and O–H groups in total. The normalized spacial score (nSPS) is 17.4. The van der Waals surface area contributed by atoms with Gasteiger partial charge in [0.25, 0.3) is 5.91 Å². The van der Waals surface area contributed by atoms with Crippen molar-refractivity contribution in [1.82, 2.24) is 10.2 Å². The van der Waals surface area contributed by atoms with E-state index in [1.165, 1.54) is 6.42 Å². The molecule has 4 nitrogen and oxygen atoms in total. The molecule has 2 aromatic rings. The highest BCUT2D eigenvalue weighted by molar-refractivity contribution is 5.78. The molecular formula is C21H26N2O2. The first-order valence-corrected chi connectivity index (χ1v) is 9.06. The lowest BCUT2D eigenvalue weighted by atomic mass is 10.1. The Kier molecular flexibility index (Phi) is 6.07. The second-order valence-corrected chi connectivity index (χ2v) is 6.38. The number of rotatable bonds is 7. The van der Waals surface area contributed by atoms with Gasteiger partial charge in [0.15, 0.2) is 6.61 Å². The van der Waals surface area contributed by atoms with Gasteiger partial charge in [0.2, 0.25) is 0 Å². The van der Waals surface area contributed by atoms with E-state index < -0.39 is 0 Å². The molecule has 1 atom stereocenters. The average Bonchev–Trinajstić information content (AvgIpc) is 3.13. The number of carbonyl (C=O) groups excluding carboxylic acids is 1. The molecule has 0 saturated carbocycles. The maximum atomic E-state index is 12.2. The number of hydrogen-bond donors (Lipinski definition) is 1. The third kappa shape index (κ3) is 4.60. The molecule has 1 saturated heterocycles. The second kappa shape index (κ2) is 8.67. The smallest absolute Gasteiger partial charge is 0.257 e. The van der Waals surface area contributed by atoms with Crippen LogP contribution >= 0.6 is 0 Å². The predicted molar refractivity (Wildman–Crippen MR) is 101 cm³/mol. The van der Waals surface area contributed by atoms with Crippen molar-refractivity contribution in [2.24, 2.45) is 0 Å². The van der Waals surface area contributed by atoms with Crippen molar-refractivity contribution in [2.75, 3.05) is 26.2 Å². The van der Waals surface area contributed by atoms with Crippen LogP contribution in [0.2, 0.25) is 0 Å². The lowest BCUT2D eigenvalue weighted by Crippen LogP contribution is -2.41. The van der Waals surface area contributed by atoms with E-state index in [2.05, 4.69) is 17.1 Å². The van der Waals surface area contributed by atoms with E-state index in [9.17, 15) is 4.79 Å². The van der Waals surface area contributed by atoms with Crippen LogP contribution < -0.4 is 10.1 Å². The average molecular weight is 338 g/mol.